The second-order valence-electron chi connectivity index (χ2n) is 3.87. The fourth-order valence-corrected chi connectivity index (χ4v) is 2.67. The first-order valence-electron chi connectivity index (χ1n) is 6.22. The van der Waals surface area contributed by atoms with Crippen LogP contribution in [-0.2, 0) is 13.0 Å². The Morgan fingerprint density at radius 1 is 1.28 bits per heavy atom. The van der Waals surface area contributed by atoms with E-state index in [1.54, 1.807) is 11.3 Å². The molecule has 0 fully saturated rings. The molecule has 2 aromatic heterocycles. The number of rotatable bonds is 6. The molecular formula is C14H18N2OS. The summed E-state index contributed by atoms with van der Waals surface area (Å²) in [6, 6.07) is 7.97. The van der Waals surface area contributed by atoms with Crippen LogP contribution in [0.25, 0.3) is 0 Å². The molecule has 1 N–H and O–H groups in total. The van der Waals surface area contributed by atoms with E-state index in [4.69, 9.17) is 4.74 Å². The molecule has 2 aromatic rings. The van der Waals surface area contributed by atoms with Crippen LogP contribution in [0.3, 0.4) is 0 Å². The van der Waals surface area contributed by atoms with Crippen molar-refractivity contribution in [2.45, 2.75) is 26.8 Å². The third-order valence-electron chi connectivity index (χ3n) is 2.66. The molecule has 0 saturated heterocycles. The SMILES string of the molecule is CCOc1cccc(NCc2sccc2CC)n1. The molecule has 4 heteroatoms. The van der Waals surface area contributed by atoms with Crippen molar-refractivity contribution < 1.29 is 4.74 Å². The summed E-state index contributed by atoms with van der Waals surface area (Å²) in [7, 11) is 0. The summed E-state index contributed by atoms with van der Waals surface area (Å²) >= 11 is 1.79. The van der Waals surface area contributed by atoms with Gasteiger partial charge in [0.15, 0.2) is 0 Å². The minimum absolute atomic E-state index is 0.640. The Morgan fingerprint density at radius 2 is 2.17 bits per heavy atom. The van der Waals surface area contributed by atoms with E-state index >= 15 is 0 Å². The van der Waals surface area contributed by atoms with Gasteiger partial charge in [0.25, 0.3) is 0 Å². The number of ether oxygens (including phenoxy) is 1. The molecule has 96 valence electrons. The first kappa shape index (κ1) is 12.9. The minimum Gasteiger partial charge on any atom is -0.478 e. The highest BCUT2D eigenvalue weighted by atomic mass is 32.1. The van der Waals surface area contributed by atoms with Crippen molar-refractivity contribution in [3.8, 4) is 5.88 Å². The fraction of sp³-hybridized carbons (Fsp3) is 0.357. The summed E-state index contributed by atoms with van der Waals surface area (Å²) in [6.45, 7) is 5.60. The zero-order valence-electron chi connectivity index (χ0n) is 10.8. The van der Waals surface area contributed by atoms with E-state index < -0.39 is 0 Å². The highest BCUT2D eigenvalue weighted by Gasteiger charge is 2.03. The maximum Gasteiger partial charge on any atom is 0.215 e. The average molecular weight is 262 g/mol. The molecule has 0 aliphatic carbocycles. The van der Waals surface area contributed by atoms with Crippen LogP contribution in [-0.4, -0.2) is 11.6 Å². The van der Waals surface area contributed by atoms with Crippen LogP contribution in [0.15, 0.2) is 29.6 Å². The predicted octanol–water partition coefficient (Wildman–Crippen LogP) is 3.72. The van der Waals surface area contributed by atoms with Crippen molar-refractivity contribution in [2.75, 3.05) is 11.9 Å². The Labute approximate surface area is 112 Å². The van der Waals surface area contributed by atoms with Crippen LogP contribution in [0.4, 0.5) is 5.82 Å². The summed E-state index contributed by atoms with van der Waals surface area (Å²) in [5.74, 6) is 1.53. The van der Waals surface area contributed by atoms with Crippen LogP contribution in [0.5, 0.6) is 5.88 Å². The molecule has 0 bridgehead atoms. The summed E-state index contributed by atoms with van der Waals surface area (Å²) in [5, 5.41) is 5.48. The third kappa shape index (κ3) is 3.23. The number of nitrogens with zero attached hydrogens (tertiary/aromatic N) is 1. The molecule has 3 nitrogen and oxygen atoms in total. The lowest BCUT2D eigenvalue weighted by Gasteiger charge is -2.07. The van der Waals surface area contributed by atoms with E-state index in [1.165, 1.54) is 10.4 Å². The molecule has 0 saturated carbocycles. The normalized spacial score (nSPS) is 10.3. The van der Waals surface area contributed by atoms with Crippen LogP contribution in [0, 0.1) is 0 Å². The number of aromatic nitrogens is 1. The lowest BCUT2D eigenvalue weighted by molar-refractivity contribution is 0.327. The third-order valence-corrected chi connectivity index (χ3v) is 3.63. The summed E-state index contributed by atoms with van der Waals surface area (Å²) in [5.41, 5.74) is 1.41. The Kier molecular flexibility index (Phi) is 4.59. The highest BCUT2D eigenvalue weighted by Crippen LogP contribution is 2.19. The number of hydrogen-bond acceptors (Lipinski definition) is 4. The molecule has 0 atom stereocenters. The molecule has 0 aromatic carbocycles. The standard InChI is InChI=1S/C14H18N2OS/c1-3-11-8-9-18-12(11)10-15-13-6-5-7-14(16-13)17-4-2/h5-9H,3-4,10H2,1-2H3,(H,15,16). The average Bonchev–Trinajstić information content (AvgIpc) is 2.84. The Balaban J connectivity index is 1.99. The molecule has 0 aliphatic heterocycles. The molecule has 0 aliphatic rings. The number of hydrogen-bond donors (Lipinski definition) is 1. The summed E-state index contributed by atoms with van der Waals surface area (Å²) < 4.78 is 5.38. The zero-order valence-corrected chi connectivity index (χ0v) is 11.6. The highest BCUT2D eigenvalue weighted by molar-refractivity contribution is 7.10. The van der Waals surface area contributed by atoms with Crippen molar-refractivity contribution in [1.29, 1.82) is 0 Å². The zero-order chi connectivity index (χ0) is 12.8. The van der Waals surface area contributed by atoms with Gasteiger partial charge in [-0.3, -0.25) is 0 Å². The molecule has 0 amide bonds. The van der Waals surface area contributed by atoms with Crippen LogP contribution < -0.4 is 10.1 Å². The van der Waals surface area contributed by atoms with Crippen molar-refractivity contribution in [3.05, 3.63) is 40.1 Å². The number of pyridine rings is 1. The van der Waals surface area contributed by atoms with Gasteiger partial charge in [-0.1, -0.05) is 13.0 Å². The van der Waals surface area contributed by atoms with Crippen molar-refractivity contribution >= 4 is 17.2 Å². The van der Waals surface area contributed by atoms with E-state index in [2.05, 4.69) is 28.7 Å². The largest absolute Gasteiger partial charge is 0.478 e. The quantitative estimate of drug-likeness (QED) is 0.861. The lowest BCUT2D eigenvalue weighted by Crippen LogP contribution is -2.03. The molecule has 0 unspecified atom stereocenters. The van der Waals surface area contributed by atoms with Crippen LogP contribution in [0.2, 0.25) is 0 Å². The van der Waals surface area contributed by atoms with E-state index in [1.807, 2.05) is 25.1 Å². The van der Waals surface area contributed by atoms with Crippen LogP contribution in [0.1, 0.15) is 24.3 Å². The van der Waals surface area contributed by atoms with Crippen molar-refractivity contribution in [3.63, 3.8) is 0 Å². The molecule has 2 rings (SSSR count). The topological polar surface area (TPSA) is 34.1 Å². The lowest BCUT2D eigenvalue weighted by atomic mass is 10.2. The molecule has 0 spiro atoms. The van der Waals surface area contributed by atoms with Crippen LogP contribution >= 0.6 is 11.3 Å². The van der Waals surface area contributed by atoms with Crippen molar-refractivity contribution in [2.24, 2.45) is 0 Å². The molecule has 18 heavy (non-hydrogen) atoms. The number of nitrogens with one attached hydrogen (secondary N) is 1. The van der Waals surface area contributed by atoms with E-state index in [9.17, 15) is 0 Å². The van der Waals surface area contributed by atoms with Gasteiger partial charge in [0.2, 0.25) is 5.88 Å². The van der Waals surface area contributed by atoms with Gasteiger partial charge in [-0.15, -0.1) is 11.3 Å². The van der Waals surface area contributed by atoms with Crippen molar-refractivity contribution in [1.82, 2.24) is 4.98 Å². The Morgan fingerprint density at radius 3 is 2.94 bits per heavy atom. The first-order chi connectivity index (χ1) is 8.83. The van der Waals surface area contributed by atoms with Gasteiger partial charge in [-0.25, -0.2) is 0 Å². The van der Waals surface area contributed by atoms with Gasteiger partial charge >= 0.3 is 0 Å². The number of aryl methyl sites for hydroxylation is 1. The van der Waals surface area contributed by atoms with Gasteiger partial charge in [0.05, 0.1) is 13.2 Å². The van der Waals surface area contributed by atoms with Gasteiger partial charge in [0, 0.05) is 10.9 Å². The Hall–Kier alpha value is -1.55. The molecule has 0 radical (unpaired) electrons. The maximum atomic E-state index is 5.38. The maximum absolute atomic E-state index is 5.38. The van der Waals surface area contributed by atoms with Gasteiger partial charge in [-0.2, -0.15) is 4.98 Å². The van der Waals surface area contributed by atoms with E-state index in [0.717, 1.165) is 18.8 Å². The van der Waals surface area contributed by atoms with Gasteiger partial charge in [-0.05, 0) is 36.4 Å². The number of anilines is 1. The van der Waals surface area contributed by atoms with Gasteiger partial charge in [0.1, 0.15) is 5.82 Å². The Bertz CT molecular complexity index is 496. The molecule has 2 heterocycles. The van der Waals surface area contributed by atoms with Gasteiger partial charge < -0.3 is 10.1 Å². The van der Waals surface area contributed by atoms with E-state index in [0.29, 0.717) is 12.5 Å². The molecular weight excluding hydrogens is 244 g/mol. The smallest absolute Gasteiger partial charge is 0.215 e. The second kappa shape index (κ2) is 6.40. The second-order valence-corrected chi connectivity index (χ2v) is 4.87. The summed E-state index contributed by atoms with van der Waals surface area (Å²) in [4.78, 5) is 5.76. The fourth-order valence-electron chi connectivity index (χ4n) is 1.75. The monoisotopic (exact) mass is 262 g/mol. The number of thiophene rings is 1. The summed E-state index contributed by atoms with van der Waals surface area (Å²) in [6.07, 6.45) is 1.08. The first-order valence-corrected chi connectivity index (χ1v) is 7.10. The van der Waals surface area contributed by atoms with E-state index in [-0.39, 0.29) is 0 Å². The predicted molar refractivity (Wildman–Crippen MR) is 76.4 cm³/mol. The minimum atomic E-state index is 0.640.